The summed E-state index contributed by atoms with van der Waals surface area (Å²) in [5, 5.41) is 1.09. The molecule has 118 valence electrons. The number of carbonyl (C=O) groups is 1. The topological polar surface area (TPSA) is 81.7 Å². The molecule has 0 atom stereocenters. The van der Waals surface area contributed by atoms with Gasteiger partial charge < -0.3 is 9.47 Å². The third kappa shape index (κ3) is 2.90. The zero-order valence-electron chi connectivity index (χ0n) is 12.5. The molecule has 0 saturated heterocycles. The molecule has 0 bridgehead atoms. The Labute approximate surface area is 129 Å². The maximum absolute atomic E-state index is 12.3. The predicted octanol–water partition coefficient (Wildman–Crippen LogP) is 1.93. The number of esters is 1. The van der Waals surface area contributed by atoms with E-state index in [9.17, 15) is 13.2 Å². The van der Waals surface area contributed by atoms with E-state index < -0.39 is 16.0 Å². The van der Waals surface area contributed by atoms with Crippen LogP contribution >= 0.6 is 0 Å². The van der Waals surface area contributed by atoms with Crippen molar-refractivity contribution < 1.29 is 22.7 Å². The Morgan fingerprint density at radius 1 is 1.23 bits per heavy atom. The molecular weight excluding hydrogens is 306 g/mol. The van der Waals surface area contributed by atoms with E-state index in [0.29, 0.717) is 10.8 Å². The number of methoxy groups -OCH3 is 2. The first-order valence-electron chi connectivity index (χ1n) is 6.63. The zero-order chi connectivity index (χ0) is 16.3. The molecule has 0 radical (unpaired) electrons. The Balaban J connectivity index is 2.76. The molecule has 0 amide bonds. The van der Waals surface area contributed by atoms with Gasteiger partial charge in [0, 0.05) is 11.9 Å². The Hall–Kier alpha value is -2.12. The molecule has 0 saturated carbocycles. The minimum Gasteiger partial charge on any atom is -0.496 e. The highest BCUT2D eigenvalue weighted by atomic mass is 32.2. The van der Waals surface area contributed by atoms with E-state index in [1.807, 2.05) is 0 Å². The van der Waals surface area contributed by atoms with Crippen LogP contribution < -0.4 is 9.46 Å². The van der Waals surface area contributed by atoms with Gasteiger partial charge in [-0.3, -0.25) is 0 Å². The summed E-state index contributed by atoms with van der Waals surface area (Å²) in [6, 6.07) is 7.96. The minimum absolute atomic E-state index is 0.140. The molecule has 2 aromatic carbocycles. The van der Waals surface area contributed by atoms with Crippen molar-refractivity contribution in [2.45, 2.75) is 11.8 Å². The lowest BCUT2D eigenvalue weighted by Gasteiger charge is -2.12. The van der Waals surface area contributed by atoms with Crippen molar-refractivity contribution in [1.29, 1.82) is 0 Å². The number of sulfonamides is 1. The number of nitrogens with one attached hydrogen (secondary N) is 1. The van der Waals surface area contributed by atoms with E-state index >= 15 is 0 Å². The lowest BCUT2D eigenvalue weighted by molar-refractivity contribution is 0.0597. The van der Waals surface area contributed by atoms with Gasteiger partial charge in [0.05, 0.1) is 19.1 Å². The van der Waals surface area contributed by atoms with Crippen LogP contribution in [0.1, 0.15) is 17.3 Å². The second kappa shape index (κ2) is 6.33. The van der Waals surface area contributed by atoms with Crippen LogP contribution in [0.25, 0.3) is 10.8 Å². The summed E-state index contributed by atoms with van der Waals surface area (Å²) in [7, 11) is -0.935. The summed E-state index contributed by atoms with van der Waals surface area (Å²) in [5.74, 6) is -0.280. The average Bonchev–Trinajstić information content (AvgIpc) is 2.52. The second-order valence-electron chi connectivity index (χ2n) is 4.52. The number of ether oxygens (including phenoxy) is 2. The minimum atomic E-state index is -3.62. The molecule has 0 aromatic heterocycles. The largest absolute Gasteiger partial charge is 0.496 e. The van der Waals surface area contributed by atoms with E-state index in [0.717, 1.165) is 0 Å². The number of hydrogen-bond acceptors (Lipinski definition) is 5. The molecule has 6 nitrogen and oxygen atoms in total. The number of rotatable bonds is 5. The van der Waals surface area contributed by atoms with Gasteiger partial charge in [0.15, 0.2) is 0 Å². The summed E-state index contributed by atoms with van der Waals surface area (Å²) >= 11 is 0. The first-order valence-corrected chi connectivity index (χ1v) is 8.11. The monoisotopic (exact) mass is 323 g/mol. The van der Waals surface area contributed by atoms with E-state index in [4.69, 9.17) is 9.47 Å². The van der Waals surface area contributed by atoms with Crippen molar-refractivity contribution in [3.05, 3.63) is 35.9 Å². The average molecular weight is 323 g/mol. The second-order valence-corrected chi connectivity index (χ2v) is 6.26. The fourth-order valence-corrected chi connectivity index (χ4v) is 3.48. The molecule has 7 heteroatoms. The SMILES string of the molecule is CCNS(=O)(=O)c1cccc2cc(C(=O)OC)c(OC)cc12. The molecule has 22 heavy (non-hydrogen) atoms. The van der Waals surface area contributed by atoms with Crippen LogP contribution in [0.15, 0.2) is 35.2 Å². The Bertz CT molecular complexity index is 814. The zero-order valence-corrected chi connectivity index (χ0v) is 13.4. The van der Waals surface area contributed by atoms with Crippen molar-refractivity contribution in [2.24, 2.45) is 0 Å². The van der Waals surface area contributed by atoms with Crippen LogP contribution in [0.2, 0.25) is 0 Å². The van der Waals surface area contributed by atoms with Crippen molar-refractivity contribution in [2.75, 3.05) is 20.8 Å². The normalized spacial score (nSPS) is 11.4. The van der Waals surface area contributed by atoms with Gasteiger partial charge in [-0.2, -0.15) is 0 Å². The molecule has 0 heterocycles. The maximum atomic E-state index is 12.3. The molecule has 2 rings (SSSR count). The Kier molecular flexibility index (Phi) is 4.68. The van der Waals surface area contributed by atoms with Crippen molar-refractivity contribution >= 4 is 26.8 Å². The third-order valence-corrected chi connectivity index (χ3v) is 4.79. The quantitative estimate of drug-likeness (QED) is 0.850. The summed E-state index contributed by atoms with van der Waals surface area (Å²) in [6.07, 6.45) is 0. The van der Waals surface area contributed by atoms with Crippen LogP contribution in [-0.4, -0.2) is 35.2 Å². The van der Waals surface area contributed by atoms with Gasteiger partial charge >= 0.3 is 5.97 Å². The molecule has 0 aliphatic rings. The van der Waals surface area contributed by atoms with E-state index in [-0.39, 0.29) is 22.8 Å². The van der Waals surface area contributed by atoms with E-state index in [1.54, 1.807) is 25.1 Å². The Morgan fingerprint density at radius 2 is 1.95 bits per heavy atom. The molecule has 1 N–H and O–H groups in total. The van der Waals surface area contributed by atoms with Crippen LogP contribution in [0.5, 0.6) is 5.75 Å². The highest BCUT2D eigenvalue weighted by Gasteiger charge is 2.20. The number of fused-ring (bicyclic) bond motifs is 1. The number of hydrogen-bond donors (Lipinski definition) is 1. The van der Waals surface area contributed by atoms with Gasteiger partial charge in [-0.15, -0.1) is 0 Å². The van der Waals surface area contributed by atoms with Crippen molar-refractivity contribution in [3.63, 3.8) is 0 Å². The fourth-order valence-electron chi connectivity index (χ4n) is 2.22. The van der Waals surface area contributed by atoms with Crippen LogP contribution in [0.4, 0.5) is 0 Å². The van der Waals surface area contributed by atoms with Crippen molar-refractivity contribution in [1.82, 2.24) is 4.72 Å². The Morgan fingerprint density at radius 3 is 2.55 bits per heavy atom. The summed E-state index contributed by atoms with van der Waals surface area (Å²) in [5.41, 5.74) is 0.246. The molecule has 2 aromatic rings. The lowest BCUT2D eigenvalue weighted by Crippen LogP contribution is -2.23. The van der Waals surface area contributed by atoms with E-state index in [1.165, 1.54) is 26.4 Å². The van der Waals surface area contributed by atoms with Gasteiger partial charge in [0.2, 0.25) is 10.0 Å². The van der Waals surface area contributed by atoms with Crippen LogP contribution in [-0.2, 0) is 14.8 Å². The lowest BCUT2D eigenvalue weighted by atomic mass is 10.1. The predicted molar refractivity (Wildman–Crippen MR) is 82.7 cm³/mol. The summed E-state index contributed by atoms with van der Waals surface area (Å²) < 4.78 is 36.9. The van der Waals surface area contributed by atoms with Gasteiger partial charge in [0.1, 0.15) is 11.3 Å². The first-order chi connectivity index (χ1) is 10.4. The molecule has 0 spiro atoms. The van der Waals surface area contributed by atoms with Gasteiger partial charge in [-0.25, -0.2) is 17.9 Å². The van der Waals surface area contributed by atoms with Crippen LogP contribution in [0.3, 0.4) is 0 Å². The van der Waals surface area contributed by atoms with Gasteiger partial charge in [0.25, 0.3) is 0 Å². The maximum Gasteiger partial charge on any atom is 0.341 e. The molecular formula is C15H17NO5S. The fraction of sp³-hybridized carbons (Fsp3) is 0.267. The highest BCUT2D eigenvalue weighted by Crippen LogP contribution is 2.30. The molecule has 0 fully saturated rings. The van der Waals surface area contributed by atoms with Crippen LogP contribution in [0, 0.1) is 0 Å². The van der Waals surface area contributed by atoms with Gasteiger partial charge in [-0.1, -0.05) is 19.1 Å². The van der Waals surface area contributed by atoms with E-state index in [2.05, 4.69) is 4.72 Å². The highest BCUT2D eigenvalue weighted by molar-refractivity contribution is 7.89. The molecule has 0 unspecified atom stereocenters. The first kappa shape index (κ1) is 16.3. The summed E-state index contributed by atoms with van der Waals surface area (Å²) in [6.45, 7) is 1.99. The third-order valence-electron chi connectivity index (χ3n) is 3.19. The number of carbonyl (C=O) groups excluding carboxylic acids is 1. The summed E-state index contributed by atoms with van der Waals surface area (Å²) in [4.78, 5) is 11.9. The number of benzene rings is 2. The van der Waals surface area contributed by atoms with Crippen molar-refractivity contribution in [3.8, 4) is 5.75 Å². The molecule has 0 aliphatic heterocycles. The molecule has 0 aliphatic carbocycles. The standard InChI is InChI=1S/C15H17NO5S/c1-4-16-22(18,19)14-7-5-6-10-8-12(15(17)21-3)13(20-2)9-11(10)14/h5-9,16H,4H2,1-3H3. The smallest absolute Gasteiger partial charge is 0.341 e. The van der Waals surface area contributed by atoms with Gasteiger partial charge in [-0.05, 0) is 23.6 Å².